The maximum Gasteiger partial charge on any atom is 0.170 e. The highest BCUT2D eigenvalue weighted by molar-refractivity contribution is 6.29. The Morgan fingerprint density at radius 1 is 0.964 bits per heavy atom. The Labute approximate surface area is 166 Å². The third-order valence-electron chi connectivity index (χ3n) is 4.17. The molecule has 0 aliphatic heterocycles. The molecule has 0 fully saturated rings. The molecule has 0 radical (unpaired) electrons. The number of pyridine rings is 2. The molecule has 0 aliphatic carbocycles. The Balaban J connectivity index is 1.39. The summed E-state index contributed by atoms with van der Waals surface area (Å²) in [6, 6.07) is 17.1. The molecule has 4 aromatic rings. The van der Waals surface area contributed by atoms with Gasteiger partial charge >= 0.3 is 0 Å². The quantitative estimate of drug-likeness (QED) is 0.485. The zero-order chi connectivity index (χ0) is 19.3. The molecule has 0 bridgehead atoms. The Bertz CT molecular complexity index is 1080. The molecule has 140 valence electrons. The highest BCUT2D eigenvalue weighted by Crippen LogP contribution is 2.25. The lowest BCUT2D eigenvalue weighted by Crippen LogP contribution is -1.96. The van der Waals surface area contributed by atoms with Crippen molar-refractivity contribution in [3.63, 3.8) is 0 Å². The summed E-state index contributed by atoms with van der Waals surface area (Å²) in [5, 5.41) is 4.58. The standard InChI is InChI=1S/C21H17ClN4O2/c22-20-11-15(7-9-24-20)13-27-17-5-3-14(4-6-17)10-16-12-19(28-26-16)18-2-1-8-25-21(18)23/h1-9,11-12H,10,13H2,(H2,23,25). The van der Waals surface area contributed by atoms with Gasteiger partial charge in [-0.15, -0.1) is 0 Å². The molecule has 1 aromatic carbocycles. The van der Waals surface area contributed by atoms with Crippen LogP contribution in [0, 0.1) is 0 Å². The molecule has 0 unspecified atom stereocenters. The average molecular weight is 393 g/mol. The van der Waals surface area contributed by atoms with Gasteiger partial charge in [-0.3, -0.25) is 0 Å². The Morgan fingerprint density at radius 3 is 2.61 bits per heavy atom. The maximum absolute atomic E-state index is 5.89. The van der Waals surface area contributed by atoms with E-state index in [1.165, 1.54) is 0 Å². The van der Waals surface area contributed by atoms with Crippen LogP contribution in [0.2, 0.25) is 5.15 Å². The van der Waals surface area contributed by atoms with E-state index in [0.29, 0.717) is 29.8 Å². The number of benzene rings is 1. The number of hydrogen-bond acceptors (Lipinski definition) is 6. The van der Waals surface area contributed by atoms with Crippen molar-refractivity contribution in [3.8, 4) is 17.1 Å². The molecule has 4 rings (SSSR count). The predicted octanol–water partition coefficient (Wildman–Crippen LogP) is 4.54. The lowest BCUT2D eigenvalue weighted by molar-refractivity contribution is 0.306. The highest BCUT2D eigenvalue weighted by Gasteiger charge is 2.10. The highest BCUT2D eigenvalue weighted by atomic mass is 35.5. The predicted molar refractivity (Wildman–Crippen MR) is 107 cm³/mol. The molecule has 2 N–H and O–H groups in total. The van der Waals surface area contributed by atoms with E-state index in [1.54, 1.807) is 18.5 Å². The number of halogens is 1. The number of nitrogens with two attached hydrogens (primary N) is 1. The lowest BCUT2D eigenvalue weighted by Gasteiger charge is -2.07. The first-order valence-electron chi connectivity index (χ1n) is 8.66. The van der Waals surface area contributed by atoms with E-state index in [9.17, 15) is 0 Å². The van der Waals surface area contributed by atoms with Crippen LogP contribution in [0.4, 0.5) is 5.82 Å². The molecule has 3 heterocycles. The molecule has 0 aliphatic rings. The van der Waals surface area contributed by atoms with Crippen LogP contribution in [0.3, 0.4) is 0 Å². The molecule has 0 saturated heterocycles. The summed E-state index contributed by atoms with van der Waals surface area (Å²) < 4.78 is 11.2. The zero-order valence-corrected chi connectivity index (χ0v) is 15.6. The Kier molecular flexibility index (Phi) is 5.21. The second kappa shape index (κ2) is 8.10. The number of ether oxygens (including phenoxy) is 1. The van der Waals surface area contributed by atoms with Crippen LogP contribution in [-0.2, 0) is 13.0 Å². The van der Waals surface area contributed by atoms with Crippen LogP contribution < -0.4 is 10.5 Å². The summed E-state index contributed by atoms with van der Waals surface area (Å²) in [6.07, 6.45) is 3.95. The molecular weight excluding hydrogens is 376 g/mol. The third kappa shape index (κ3) is 4.29. The normalized spacial score (nSPS) is 10.8. The zero-order valence-electron chi connectivity index (χ0n) is 14.9. The van der Waals surface area contributed by atoms with Gasteiger partial charge in [-0.2, -0.15) is 0 Å². The monoisotopic (exact) mass is 392 g/mol. The van der Waals surface area contributed by atoms with Crippen LogP contribution in [-0.4, -0.2) is 15.1 Å². The fourth-order valence-electron chi connectivity index (χ4n) is 2.76. The smallest absolute Gasteiger partial charge is 0.170 e. The van der Waals surface area contributed by atoms with Gasteiger partial charge in [0.25, 0.3) is 0 Å². The first kappa shape index (κ1) is 18.0. The molecule has 0 spiro atoms. The molecule has 0 saturated carbocycles. The minimum absolute atomic E-state index is 0.419. The minimum Gasteiger partial charge on any atom is -0.489 e. The summed E-state index contributed by atoms with van der Waals surface area (Å²) >= 11 is 5.88. The van der Waals surface area contributed by atoms with Gasteiger partial charge in [0.2, 0.25) is 0 Å². The second-order valence-corrected chi connectivity index (χ2v) is 6.60. The summed E-state index contributed by atoms with van der Waals surface area (Å²) in [7, 11) is 0. The summed E-state index contributed by atoms with van der Waals surface area (Å²) in [4.78, 5) is 8.03. The minimum atomic E-state index is 0.419. The van der Waals surface area contributed by atoms with E-state index in [-0.39, 0.29) is 0 Å². The second-order valence-electron chi connectivity index (χ2n) is 6.21. The number of hydrogen-bond donors (Lipinski definition) is 1. The van der Waals surface area contributed by atoms with Crippen LogP contribution in [0.15, 0.2) is 71.5 Å². The number of anilines is 1. The first-order chi connectivity index (χ1) is 13.7. The fraction of sp³-hybridized carbons (Fsp3) is 0.0952. The average Bonchev–Trinajstić information content (AvgIpc) is 3.16. The van der Waals surface area contributed by atoms with Crippen molar-refractivity contribution in [1.29, 1.82) is 0 Å². The van der Waals surface area contributed by atoms with Crippen LogP contribution >= 0.6 is 11.6 Å². The van der Waals surface area contributed by atoms with Gasteiger partial charge in [-0.1, -0.05) is 28.9 Å². The largest absolute Gasteiger partial charge is 0.489 e. The summed E-state index contributed by atoms with van der Waals surface area (Å²) in [5.41, 5.74) is 9.50. The van der Waals surface area contributed by atoms with E-state index >= 15 is 0 Å². The van der Waals surface area contributed by atoms with Gasteiger partial charge in [-0.05, 0) is 47.5 Å². The van der Waals surface area contributed by atoms with Gasteiger partial charge < -0.3 is 15.0 Å². The third-order valence-corrected chi connectivity index (χ3v) is 4.37. The van der Waals surface area contributed by atoms with Crippen molar-refractivity contribution in [1.82, 2.24) is 15.1 Å². The SMILES string of the molecule is Nc1ncccc1-c1cc(Cc2ccc(OCc3ccnc(Cl)c3)cc2)no1. The van der Waals surface area contributed by atoms with E-state index in [0.717, 1.165) is 28.1 Å². The van der Waals surface area contributed by atoms with Crippen molar-refractivity contribution < 1.29 is 9.26 Å². The number of aromatic nitrogens is 3. The molecule has 0 atom stereocenters. The van der Waals surface area contributed by atoms with Crippen molar-refractivity contribution in [2.75, 3.05) is 5.73 Å². The number of rotatable bonds is 6. The lowest BCUT2D eigenvalue weighted by atomic mass is 10.1. The van der Waals surface area contributed by atoms with Crippen molar-refractivity contribution in [2.45, 2.75) is 13.0 Å². The van der Waals surface area contributed by atoms with Gasteiger partial charge in [0.1, 0.15) is 23.3 Å². The van der Waals surface area contributed by atoms with E-state index in [1.807, 2.05) is 48.5 Å². The van der Waals surface area contributed by atoms with Gasteiger partial charge in [0.15, 0.2) is 5.76 Å². The van der Waals surface area contributed by atoms with Crippen LogP contribution in [0.5, 0.6) is 5.75 Å². The topological polar surface area (TPSA) is 87.1 Å². The maximum atomic E-state index is 5.89. The van der Waals surface area contributed by atoms with E-state index in [4.69, 9.17) is 26.6 Å². The molecule has 28 heavy (non-hydrogen) atoms. The van der Waals surface area contributed by atoms with Crippen LogP contribution in [0.1, 0.15) is 16.8 Å². The van der Waals surface area contributed by atoms with Crippen LogP contribution in [0.25, 0.3) is 11.3 Å². The van der Waals surface area contributed by atoms with Crippen molar-refractivity contribution in [2.24, 2.45) is 0 Å². The Hall–Kier alpha value is -3.38. The van der Waals surface area contributed by atoms with Gasteiger partial charge in [-0.25, -0.2) is 9.97 Å². The molecule has 7 heteroatoms. The summed E-state index contributed by atoms with van der Waals surface area (Å²) in [6.45, 7) is 0.431. The number of nitrogens with zero attached hydrogens (tertiary/aromatic N) is 3. The molecule has 0 amide bonds. The molecule has 3 aromatic heterocycles. The van der Waals surface area contributed by atoms with E-state index < -0.39 is 0 Å². The number of nitrogen functional groups attached to an aromatic ring is 1. The molecule has 6 nitrogen and oxygen atoms in total. The summed E-state index contributed by atoms with van der Waals surface area (Å²) in [5.74, 6) is 1.81. The molecular formula is C21H17ClN4O2. The Morgan fingerprint density at radius 2 is 1.82 bits per heavy atom. The van der Waals surface area contributed by atoms with E-state index in [2.05, 4.69) is 15.1 Å². The van der Waals surface area contributed by atoms with Gasteiger partial charge in [0.05, 0.1) is 11.3 Å². The fourth-order valence-corrected chi connectivity index (χ4v) is 2.96. The first-order valence-corrected chi connectivity index (χ1v) is 9.04. The van der Waals surface area contributed by atoms with Gasteiger partial charge in [0, 0.05) is 24.9 Å². The van der Waals surface area contributed by atoms with Crippen molar-refractivity contribution in [3.05, 3.63) is 89.0 Å². The van der Waals surface area contributed by atoms with Crippen molar-refractivity contribution >= 4 is 17.4 Å².